The van der Waals surface area contributed by atoms with Crippen LogP contribution in [0.5, 0.6) is 0 Å². The number of carbonyl (C=O) groups excluding carboxylic acids is 1. The molecule has 0 radical (unpaired) electrons. The van der Waals surface area contributed by atoms with Crippen LogP contribution in [-0.4, -0.2) is 21.3 Å². The Hall–Kier alpha value is -2.43. The van der Waals surface area contributed by atoms with Crippen LogP contribution in [0.1, 0.15) is 10.6 Å². The van der Waals surface area contributed by atoms with E-state index in [4.69, 9.17) is 4.42 Å². The van der Waals surface area contributed by atoms with Gasteiger partial charge in [-0.1, -0.05) is 5.21 Å². The zero-order valence-corrected chi connectivity index (χ0v) is 9.12. The van der Waals surface area contributed by atoms with Gasteiger partial charge in [0.2, 0.25) is 0 Å². The lowest BCUT2D eigenvalue weighted by molar-refractivity contribution is 0.110. The summed E-state index contributed by atoms with van der Waals surface area (Å²) in [5, 5.41) is 7.96. The Morgan fingerprint density at radius 1 is 1.29 bits per heavy atom. The van der Waals surface area contributed by atoms with Gasteiger partial charge in [0.15, 0.2) is 12.0 Å². The highest BCUT2D eigenvalue weighted by molar-refractivity contribution is 5.81. The fourth-order valence-corrected chi connectivity index (χ4v) is 1.77. The second-order valence-electron chi connectivity index (χ2n) is 3.74. The summed E-state index contributed by atoms with van der Waals surface area (Å²) in [4.78, 5) is 10.5. The molecule has 0 aliphatic carbocycles. The van der Waals surface area contributed by atoms with E-state index in [-0.39, 0.29) is 0 Å². The number of hydrogen-bond acceptors (Lipinski definition) is 4. The van der Waals surface area contributed by atoms with Gasteiger partial charge in [-0.15, -0.1) is 5.10 Å². The highest BCUT2D eigenvalue weighted by Crippen LogP contribution is 2.24. The van der Waals surface area contributed by atoms with E-state index in [1.54, 1.807) is 16.8 Å². The zero-order chi connectivity index (χ0) is 11.8. The van der Waals surface area contributed by atoms with E-state index in [9.17, 15) is 4.79 Å². The standard InChI is InChI=1S/C12H9N3O2/c1-15-11-4-2-8(6-10(11)13-14-15)12-5-3-9(7-16)17-12/h2-7H,1H3. The molecule has 0 saturated carbocycles. The van der Waals surface area contributed by atoms with Gasteiger partial charge in [0.25, 0.3) is 0 Å². The SMILES string of the molecule is Cn1nnc2cc(-c3ccc(C=O)o3)ccc21. The number of hydrogen-bond donors (Lipinski definition) is 0. The van der Waals surface area contributed by atoms with Gasteiger partial charge in [-0.2, -0.15) is 0 Å². The van der Waals surface area contributed by atoms with Gasteiger partial charge in [-0.3, -0.25) is 4.79 Å². The molecule has 0 spiro atoms. The molecule has 3 rings (SSSR count). The third kappa shape index (κ3) is 1.52. The molecule has 5 heteroatoms. The fraction of sp³-hybridized carbons (Fsp3) is 0.0833. The number of nitrogens with zero attached hydrogens (tertiary/aromatic N) is 3. The first-order chi connectivity index (χ1) is 8.28. The van der Waals surface area contributed by atoms with Crippen molar-refractivity contribution in [2.45, 2.75) is 0 Å². The van der Waals surface area contributed by atoms with E-state index >= 15 is 0 Å². The lowest BCUT2D eigenvalue weighted by Gasteiger charge is -1.97. The molecule has 2 heterocycles. The minimum atomic E-state index is 0.319. The normalized spacial score (nSPS) is 10.9. The Morgan fingerprint density at radius 3 is 2.94 bits per heavy atom. The second-order valence-corrected chi connectivity index (χ2v) is 3.74. The van der Waals surface area contributed by atoms with Crippen molar-refractivity contribution >= 4 is 17.3 Å². The molecular weight excluding hydrogens is 218 g/mol. The number of aldehydes is 1. The van der Waals surface area contributed by atoms with Crippen LogP contribution >= 0.6 is 0 Å². The molecule has 17 heavy (non-hydrogen) atoms. The van der Waals surface area contributed by atoms with Crippen LogP contribution in [0.15, 0.2) is 34.7 Å². The molecule has 3 aromatic rings. The van der Waals surface area contributed by atoms with Crippen molar-refractivity contribution in [2.24, 2.45) is 7.05 Å². The van der Waals surface area contributed by atoms with Crippen molar-refractivity contribution in [3.63, 3.8) is 0 Å². The Bertz CT molecular complexity index is 697. The Labute approximate surface area is 96.7 Å². The molecule has 0 aliphatic heterocycles. The first-order valence-corrected chi connectivity index (χ1v) is 5.13. The van der Waals surface area contributed by atoms with Crippen LogP contribution in [0, 0.1) is 0 Å². The number of aromatic nitrogens is 3. The molecule has 0 atom stereocenters. The maximum Gasteiger partial charge on any atom is 0.185 e. The summed E-state index contributed by atoms with van der Waals surface area (Å²) >= 11 is 0. The number of aryl methyl sites for hydroxylation is 1. The maximum absolute atomic E-state index is 10.5. The molecule has 1 aromatic carbocycles. The molecule has 0 N–H and O–H groups in total. The summed E-state index contributed by atoms with van der Waals surface area (Å²) in [5.41, 5.74) is 2.64. The smallest absolute Gasteiger partial charge is 0.185 e. The van der Waals surface area contributed by atoms with Crippen LogP contribution in [0.4, 0.5) is 0 Å². The lowest BCUT2D eigenvalue weighted by atomic mass is 10.1. The van der Waals surface area contributed by atoms with Crippen LogP contribution in [0.2, 0.25) is 0 Å². The molecule has 0 aliphatic rings. The first kappa shape index (κ1) is 9.77. The van der Waals surface area contributed by atoms with E-state index in [1.165, 1.54) is 0 Å². The van der Waals surface area contributed by atoms with Crippen molar-refractivity contribution in [2.75, 3.05) is 0 Å². The highest BCUT2D eigenvalue weighted by Gasteiger charge is 2.07. The van der Waals surface area contributed by atoms with Crippen LogP contribution in [0.3, 0.4) is 0 Å². The van der Waals surface area contributed by atoms with Crippen molar-refractivity contribution in [1.82, 2.24) is 15.0 Å². The van der Waals surface area contributed by atoms with Crippen LogP contribution in [0.25, 0.3) is 22.4 Å². The fourth-order valence-electron chi connectivity index (χ4n) is 1.77. The van der Waals surface area contributed by atoms with Gasteiger partial charge in [0.1, 0.15) is 11.3 Å². The van der Waals surface area contributed by atoms with Gasteiger partial charge < -0.3 is 4.42 Å². The van der Waals surface area contributed by atoms with Crippen molar-refractivity contribution in [3.8, 4) is 11.3 Å². The molecule has 0 unspecified atom stereocenters. The van der Waals surface area contributed by atoms with Crippen LogP contribution in [-0.2, 0) is 7.05 Å². The summed E-state index contributed by atoms with van der Waals surface area (Å²) in [6.45, 7) is 0. The van der Waals surface area contributed by atoms with Gasteiger partial charge in [-0.05, 0) is 30.3 Å². The first-order valence-electron chi connectivity index (χ1n) is 5.13. The van der Waals surface area contributed by atoms with E-state index < -0.39 is 0 Å². The lowest BCUT2D eigenvalue weighted by Crippen LogP contribution is -1.88. The minimum absolute atomic E-state index is 0.319. The number of fused-ring (bicyclic) bond motifs is 1. The average Bonchev–Trinajstić information content (AvgIpc) is 2.96. The summed E-state index contributed by atoms with van der Waals surface area (Å²) in [6, 6.07) is 9.13. The van der Waals surface area contributed by atoms with Crippen molar-refractivity contribution in [1.29, 1.82) is 0 Å². The Kier molecular flexibility index (Phi) is 2.04. The predicted molar refractivity (Wildman–Crippen MR) is 61.6 cm³/mol. The van der Waals surface area contributed by atoms with E-state index in [0.717, 1.165) is 16.6 Å². The number of rotatable bonds is 2. The number of carbonyl (C=O) groups is 1. The number of furan rings is 1. The topological polar surface area (TPSA) is 60.9 Å². The van der Waals surface area contributed by atoms with Gasteiger partial charge in [-0.25, -0.2) is 4.68 Å². The van der Waals surface area contributed by atoms with E-state index in [0.29, 0.717) is 17.8 Å². The van der Waals surface area contributed by atoms with E-state index in [1.807, 2.05) is 25.2 Å². The van der Waals surface area contributed by atoms with E-state index in [2.05, 4.69) is 10.3 Å². The molecule has 84 valence electrons. The molecule has 2 aromatic heterocycles. The quantitative estimate of drug-likeness (QED) is 0.628. The van der Waals surface area contributed by atoms with Crippen molar-refractivity contribution < 1.29 is 9.21 Å². The third-order valence-corrected chi connectivity index (χ3v) is 2.64. The third-order valence-electron chi connectivity index (χ3n) is 2.64. The zero-order valence-electron chi connectivity index (χ0n) is 9.12. The highest BCUT2D eigenvalue weighted by atomic mass is 16.3. The summed E-state index contributed by atoms with van der Waals surface area (Å²) in [7, 11) is 1.84. The predicted octanol–water partition coefficient (Wildman–Crippen LogP) is 2.04. The van der Waals surface area contributed by atoms with Gasteiger partial charge in [0, 0.05) is 12.6 Å². The monoisotopic (exact) mass is 227 g/mol. The molecule has 0 saturated heterocycles. The minimum Gasteiger partial charge on any atom is -0.453 e. The van der Waals surface area contributed by atoms with Crippen LogP contribution < -0.4 is 0 Å². The van der Waals surface area contributed by atoms with Crippen molar-refractivity contribution in [3.05, 3.63) is 36.1 Å². The van der Waals surface area contributed by atoms with Gasteiger partial charge >= 0.3 is 0 Å². The Morgan fingerprint density at radius 2 is 2.18 bits per heavy atom. The Balaban J connectivity index is 2.14. The molecule has 0 bridgehead atoms. The summed E-state index contributed by atoms with van der Waals surface area (Å²) < 4.78 is 7.06. The maximum atomic E-state index is 10.5. The molecule has 0 fully saturated rings. The van der Waals surface area contributed by atoms with Gasteiger partial charge in [0.05, 0.1) is 5.52 Å². The molecule has 5 nitrogen and oxygen atoms in total. The molecule has 0 amide bonds. The molecular formula is C12H9N3O2. The summed E-state index contributed by atoms with van der Waals surface area (Å²) in [6.07, 6.45) is 0.685. The summed E-state index contributed by atoms with van der Waals surface area (Å²) in [5.74, 6) is 0.971. The average molecular weight is 227 g/mol. The largest absolute Gasteiger partial charge is 0.453 e. The second kappa shape index (κ2) is 3.55. The number of benzene rings is 1.